The van der Waals surface area contributed by atoms with E-state index >= 15 is 0 Å². The highest BCUT2D eigenvalue weighted by Crippen LogP contribution is 2.35. The van der Waals surface area contributed by atoms with Gasteiger partial charge in [-0.2, -0.15) is 0 Å². The van der Waals surface area contributed by atoms with Crippen molar-refractivity contribution in [3.63, 3.8) is 0 Å². The number of aromatic nitrogens is 1. The van der Waals surface area contributed by atoms with Crippen molar-refractivity contribution in [2.75, 3.05) is 29.9 Å². The standard InChI is InChI=1S/C28H38N4O/c1-4-6-16-31-17-14-22(15-18-31)26-20-29-27-13-12-24(19-25(26)27)32(21(3)5-2)28(33)30-23-10-8-7-9-11-23/h7-13,19-22,29H,4-6,14-18H2,1-3H3,(H,30,33). The van der Waals surface area contributed by atoms with Gasteiger partial charge in [-0.15, -0.1) is 0 Å². The van der Waals surface area contributed by atoms with Crippen molar-refractivity contribution in [1.29, 1.82) is 0 Å². The molecule has 0 spiro atoms. The van der Waals surface area contributed by atoms with Crippen LogP contribution < -0.4 is 10.2 Å². The SMILES string of the molecule is CCCCN1CCC(c2c[nH]c3ccc(N(C(=O)Nc4ccccc4)C(C)CC)cc23)CC1. The fourth-order valence-electron chi connectivity index (χ4n) is 4.93. The zero-order valence-electron chi connectivity index (χ0n) is 20.3. The third kappa shape index (κ3) is 5.41. The Balaban J connectivity index is 1.57. The van der Waals surface area contributed by atoms with Crippen LogP contribution in [0.2, 0.25) is 0 Å². The summed E-state index contributed by atoms with van der Waals surface area (Å²) in [5.41, 5.74) is 4.31. The van der Waals surface area contributed by atoms with Gasteiger partial charge < -0.3 is 15.2 Å². The second-order valence-electron chi connectivity index (χ2n) is 9.37. The number of benzene rings is 2. The number of carbonyl (C=O) groups excluding carboxylic acids is 1. The van der Waals surface area contributed by atoms with E-state index in [4.69, 9.17) is 0 Å². The Labute approximate surface area is 198 Å². The number of anilines is 2. The fraction of sp³-hybridized carbons (Fsp3) is 0.464. The van der Waals surface area contributed by atoms with Crippen LogP contribution in [0.15, 0.2) is 54.7 Å². The number of amides is 2. The lowest BCUT2D eigenvalue weighted by atomic mass is 9.89. The number of hydrogen-bond donors (Lipinski definition) is 2. The number of fused-ring (bicyclic) bond motifs is 1. The summed E-state index contributed by atoms with van der Waals surface area (Å²) in [5.74, 6) is 0.571. The third-order valence-electron chi connectivity index (χ3n) is 7.11. The van der Waals surface area contributed by atoms with Crippen molar-refractivity contribution < 1.29 is 4.79 Å². The molecule has 1 aromatic heterocycles. The average molecular weight is 447 g/mol. The number of hydrogen-bond acceptors (Lipinski definition) is 2. The third-order valence-corrected chi connectivity index (χ3v) is 7.11. The molecule has 1 atom stereocenters. The number of H-pyrrole nitrogens is 1. The maximum absolute atomic E-state index is 13.3. The Kier molecular flexibility index (Phi) is 7.71. The normalized spacial score (nSPS) is 16.1. The second-order valence-corrected chi connectivity index (χ2v) is 9.37. The van der Waals surface area contributed by atoms with E-state index in [1.165, 1.54) is 56.3 Å². The van der Waals surface area contributed by atoms with E-state index in [1.807, 2.05) is 35.2 Å². The van der Waals surface area contributed by atoms with E-state index in [9.17, 15) is 4.79 Å². The van der Waals surface area contributed by atoms with E-state index in [-0.39, 0.29) is 12.1 Å². The molecule has 4 rings (SSSR count). The molecule has 3 aromatic rings. The molecular weight excluding hydrogens is 408 g/mol. The smallest absolute Gasteiger partial charge is 0.326 e. The van der Waals surface area contributed by atoms with Crippen LogP contribution in [0.1, 0.15) is 64.4 Å². The maximum atomic E-state index is 13.3. The minimum atomic E-state index is -0.0868. The van der Waals surface area contributed by atoms with E-state index in [0.29, 0.717) is 5.92 Å². The first-order chi connectivity index (χ1) is 16.1. The van der Waals surface area contributed by atoms with Gasteiger partial charge in [0.2, 0.25) is 0 Å². The maximum Gasteiger partial charge on any atom is 0.326 e. The lowest BCUT2D eigenvalue weighted by molar-refractivity contribution is 0.210. The van der Waals surface area contributed by atoms with Crippen LogP contribution in [-0.4, -0.2) is 41.6 Å². The first-order valence-electron chi connectivity index (χ1n) is 12.6. The summed E-state index contributed by atoms with van der Waals surface area (Å²) in [6.45, 7) is 10.1. The molecule has 1 unspecified atom stereocenters. The molecule has 0 aliphatic carbocycles. The molecule has 0 radical (unpaired) electrons. The summed E-state index contributed by atoms with van der Waals surface area (Å²) < 4.78 is 0. The topological polar surface area (TPSA) is 51.4 Å². The van der Waals surface area contributed by atoms with Crippen LogP contribution in [0.4, 0.5) is 16.2 Å². The zero-order chi connectivity index (χ0) is 23.2. The van der Waals surface area contributed by atoms with E-state index in [1.54, 1.807) is 0 Å². The summed E-state index contributed by atoms with van der Waals surface area (Å²) in [6.07, 6.45) is 8.02. The highest BCUT2D eigenvalue weighted by Gasteiger charge is 2.25. The molecule has 176 valence electrons. The molecule has 2 amide bonds. The predicted molar refractivity (Wildman–Crippen MR) is 139 cm³/mol. The number of urea groups is 1. The average Bonchev–Trinajstić information content (AvgIpc) is 3.27. The van der Waals surface area contributed by atoms with Gasteiger partial charge in [0.05, 0.1) is 0 Å². The quantitative estimate of drug-likeness (QED) is 0.392. The second kappa shape index (κ2) is 10.9. The Morgan fingerprint density at radius 3 is 2.61 bits per heavy atom. The monoisotopic (exact) mass is 446 g/mol. The molecule has 1 aliphatic heterocycles. The molecule has 33 heavy (non-hydrogen) atoms. The fourth-order valence-corrected chi connectivity index (χ4v) is 4.93. The van der Waals surface area contributed by atoms with Crippen molar-refractivity contribution in [3.05, 3.63) is 60.3 Å². The lowest BCUT2D eigenvalue weighted by Crippen LogP contribution is -2.41. The molecule has 2 heterocycles. The first kappa shape index (κ1) is 23.4. The van der Waals surface area contributed by atoms with Crippen LogP contribution in [0.25, 0.3) is 10.9 Å². The minimum Gasteiger partial charge on any atom is -0.361 e. The number of piperidine rings is 1. The van der Waals surface area contributed by atoms with Gasteiger partial charge in [0.1, 0.15) is 0 Å². The molecule has 1 aliphatic rings. The molecule has 0 saturated carbocycles. The molecule has 0 bridgehead atoms. The van der Waals surface area contributed by atoms with Crippen molar-refractivity contribution in [2.24, 2.45) is 0 Å². The van der Waals surface area contributed by atoms with Gasteiger partial charge in [-0.3, -0.25) is 4.90 Å². The highest BCUT2D eigenvalue weighted by atomic mass is 16.2. The summed E-state index contributed by atoms with van der Waals surface area (Å²) in [5, 5.41) is 4.32. The Morgan fingerprint density at radius 1 is 1.15 bits per heavy atom. The molecule has 5 heteroatoms. The first-order valence-corrected chi connectivity index (χ1v) is 12.6. The number of unbranched alkanes of at least 4 members (excludes halogenated alkanes) is 1. The number of aromatic amines is 1. The number of para-hydroxylation sites is 1. The Morgan fingerprint density at radius 2 is 1.91 bits per heavy atom. The van der Waals surface area contributed by atoms with Crippen molar-refractivity contribution >= 4 is 28.3 Å². The van der Waals surface area contributed by atoms with Gasteiger partial charge in [0.25, 0.3) is 0 Å². The van der Waals surface area contributed by atoms with Crippen molar-refractivity contribution in [3.8, 4) is 0 Å². The minimum absolute atomic E-state index is 0.0868. The predicted octanol–water partition coefficient (Wildman–Crippen LogP) is 6.98. The van der Waals surface area contributed by atoms with E-state index in [0.717, 1.165) is 23.3 Å². The van der Waals surface area contributed by atoms with Crippen molar-refractivity contribution in [2.45, 2.75) is 64.8 Å². The summed E-state index contributed by atoms with van der Waals surface area (Å²) in [6, 6.07) is 16.1. The lowest BCUT2D eigenvalue weighted by Gasteiger charge is -2.32. The number of carbonyl (C=O) groups is 1. The molecular formula is C28H38N4O. The van der Waals surface area contributed by atoms with Crippen LogP contribution in [0, 0.1) is 0 Å². The zero-order valence-corrected chi connectivity index (χ0v) is 20.3. The van der Waals surface area contributed by atoms with Gasteiger partial charge in [-0.05, 0) is 94.1 Å². The highest BCUT2D eigenvalue weighted by molar-refractivity contribution is 6.03. The van der Waals surface area contributed by atoms with Gasteiger partial charge in [0, 0.05) is 34.5 Å². The molecule has 2 aromatic carbocycles. The molecule has 1 fully saturated rings. The molecule has 5 nitrogen and oxygen atoms in total. The number of likely N-dealkylation sites (tertiary alicyclic amines) is 1. The van der Waals surface area contributed by atoms with Crippen LogP contribution in [0.5, 0.6) is 0 Å². The Hall–Kier alpha value is -2.79. The van der Waals surface area contributed by atoms with Crippen molar-refractivity contribution in [1.82, 2.24) is 9.88 Å². The number of nitrogens with zero attached hydrogens (tertiary/aromatic N) is 2. The van der Waals surface area contributed by atoms with E-state index < -0.39 is 0 Å². The molecule has 2 N–H and O–H groups in total. The molecule has 1 saturated heterocycles. The number of rotatable bonds is 8. The van der Waals surface area contributed by atoms with Crippen LogP contribution >= 0.6 is 0 Å². The van der Waals surface area contributed by atoms with Crippen LogP contribution in [0.3, 0.4) is 0 Å². The number of nitrogens with one attached hydrogen (secondary N) is 2. The summed E-state index contributed by atoms with van der Waals surface area (Å²) in [7, 11) is 0. The van der Waals surface area contributed by atoms with Gasteiger partial charge in [-0.25, -0.2) is 4.79 Å². The van der Waals surface area contributed by atoms with Gasteiger partial charge in [0.15, 0.2) is 0 Å². The Bertz CT molecular complexity index is 1040. The van der Waals surface area contributed by atoms with Gasteiger partial charge >= 0.3 is 6.03 Å². The van der Waals surface area contributed by atoms with Gasteiger partial charge in [-0.1, -0.05) is 38.5 Å². The van der Waals surface area contributed by atoms with E-state index in [2.05, 4.69) is 60.4 Å². The largest absolute Gasteiger partial charge is 0.361 e. The summed E-state index contributed by atoms with van der Waals surface area (Å²) in [4.78, 5) is 21.3. The summed E-state index contributed by atoms with van der Waals surface area (Å²) >= 11 is 0. The van der Waals surface area contributed by atoms with Crippen LogP contribution in [-0.2, 0) is 0 Å².